The topological polar surface area (TPSA) is 56.1 Å². The molecule has 1 aromatic heterocycles. The SMILES string of the molecule is Cc1ccnc(N2CCC3CCN(c4ccccc4C#N)C3C2)n1. The van der Waals surface area contributed by atoms with Crippen molar-refractivity contribution in [3.8, 4) is 6.07 Å². The monoisotopic (exact) mass is 319 g/mol. The first-order valence-corrected chi connectivity index (χ1v) is 8.56. The average Bonchev–Trinajstić information content (AvgIpc) is 3.04. The predicted octanol–water partition coefficient (Wildman–Crippen LogP) is 2.76. The molecule has 5 nitrogen and oxygen atoms in total. The predicted molar refractivity (Wildman–Crippen MR) is 94.0 cm³/mol. The van der Waals surface area contributed by atoms with Gasteiger partial charge in [-0.05, 0) is 43.9 Å². The lowest BCUT2D eigenvalue weighted by Gasteiger charge is -2.39. The number of piperidine rings is 1. The van der Waals surface area contributed by atoms with Crippen molar-refractivity contribution < 1.29 is 0 Å². The summed E-state index contributed by atoms with van der Waals surface area (Å²) in [5.41, 5.74) is 2.84. The van der Waals surface area contributed by atoms with Crippen LogP contribution in [0, 0.1) is 24.2 Å². The quantitative estimate of drug-likeness (QED) is 0.852. The number of nitrogens with zero attached hydrogens (tertiary/aromatic N) is 5. The molecule has 4 rings (SSSR count). The average molecular weight is 319 g/mol. The van der Waals surface area contributed by atoms with Gasteiger partial charge in [0, 0.05) is 37.6 Å². The third-order valence-corrected chi connectivity index (χ3v) is 5.26. The summed E-state index contributed by atoms with van der Waals surface area (Å²) in [7, 11) is 0. The third-order valence-electron chi connectivity index (χ3n) is 5.26. The maximum Gasteiger partial charge on any atom is 0.225 e. The first kappa shape index (κ1) is 14.9. The van der Waals surface area contributed by atoms with E-state index in [1.165, 1.54) is 6.42 Å². The van der Waals surface area contributed by atoms with Crippen molar-refractivity contribution >= 4 is 11.6 Å². The highest BCUT2D eigenvalue weighted by Gasteiger charge is 2.39. The molecule has 2 saturated heterocycles. The fourth-order valence-corrected chi connectivity index (χ4v) is 4.03. The second kappa shape index (κ2) is 6.12. The van der Waals surface area contributed by atoms with Crippen molar-refractivity contribution in [3.63, 3.8) is 0 Å². The summed E-state index contributed by atoms with van der Waals surface area (Å²) in [4.78, 5) is 13.8. The van der Waals surface area contributed by atoms with E-state index in [1.807, 2.05) is 37.4 Å². The molecule has 0 spiro atoms. The van der Waals surface area contributed by atoms with E-state index < -0.39 is 0 Å². The molecule has 0 N–H and O–H groups in total. The summed E-state index contributed by atoms with van der Waals surface area (Å²) in [6.45, 7) is 4.96. The highest BCUT2D eigenvalue weighted by Crippen LogP contribution is 2.37. The van der Waals surface area contributed by atoms with Crippen molar-refractivity contribution in [2.45, 2.75) is 25.8 Å². The number of aromatic nitrogens is 2. The molecule has 5 heteroatoms. The number of fused-ring (bicyclic) bond motifs is 1. The molecule has 2 aromatic rings. The molecule has 0 bridgehead atoms. The van der Waals surface area contributed by atoms with Crippen LogP contribution in [-0.4, -0.2) is 35.6 Å². The summed E-state index contributed by atoms with van der Waals surface area (Å²) in [6.07, 6.45) is 4.20. The molecule has 3 heterocycles. The summed E-state index contributed by atoms with van der Waals surface area (Å²) < 4.78 is 0. The molecular formula is C19H21N5. The standard InChI is InChI=1S/C19H21N5/c1-14-6-9-21-19(22-14)23-10-7-15-8-11-24(18(15)13-23)17-5-3-2-4-16(17)12-20/h2-6,9,15,18H,7-8,10-11,13H2,1H3. The number of benzene rings is 1. The van der Waals surface area contributed by atoms with Crippen LogP contribution in [0.3, 0.4) is 0 Å². The van der Waals surface area contributed by atoms with Crippen molar-refractivity contribution in [1.29, 1.82) is 5.26 Å². The van der Waals surface area contributed by atoms with Crippen LogP contribution in [0.4, 0.5) is 11.6 Å². The molecule has 0 aliphatic carbocycles. The Bertz CT molecular complexity index is 781. The maximum absolute atomic E-state index is 9.43. The fraction of sp³-hybridized carbons (Fsp3) is 0.421. The van der Waals surface area contributed by atoms with E-state index >= 15 is 0 Å². The highest BCUT2D eigenvalue weighted by atomic mass is 15.3. The van der Waals surface area contributed by atoms with Crippen LogP contribution in [0.15, 0.2) is 36.5 Å². The number of hydrogen-bond acceptors (Lipinski definition) is 5. The highest BCUT2D eigenvalue weighted by molar-refractivity contribution is 5.61. The van der Waals surface area contributed by atoms with Gasteiger partial charge in [-0.15, -0.1) is 0 Å². The minimum Gasteiger partial charge on any atom is -0.365 e. The molecule has 2 unspecified atom stereocenters. The molecule has 0 amide bonds. The minimum absolute atomic E-state index is 0.428. The molecule has 1 aromatic carbocycles. The largest absolute Gasteiger partial charge is 0.365 e. The molecule has 0 radical (unpaired) electrons. The van der Waals surface area contributed by atoms with Gasteiger partial charge in [0.15, 0.2) is 0 Å². The molecule has 2 aliphatic rings. The normalized spacial score (nSPS) is 23.0. The lowest BCUT2D eigenvalue weighted by Crippen LogP contribution is -2.49. The van der Waals surface area contributed by atoms with Gasteiger partial charge in [-0.3, -0.25) is 0 Å². The van der Waals surface area contributed by atoms with Gasteiger partial charge in [0.25, 0.3) is 0 Å². The van der Waals surface area contributed by atoms with E-state index in [1.54, 1.807) is 0 Å². The second-order valence-electron chi connectivity index (χ2n) is 6.67. The smallest absolute Gasteiger partial charge is 0.225 e. The van der Waals surface area contributed by atoms with E-state index in [2.05, 4.69) is 31.9 Å². The Morgan fingerprint density at radius 2 is 2.00 bits per heavy atom. The van der Waals surface area contributed by atoms with Crippen LogP contribution in [0.25, 0.3) is 0 Å². The summed E-state index contributed by atoms with van der Waals surface area (Å²) in [5.74, 6) is 1.52. The Morgan fingerprint density at radius 3 is 2.83 bits per heavy atom. The fourth-order valence-electron chi connectivity index (χ4n) is 4.03. The summed E-state index contributed by atoms with van der Waals surface area (Å²) >= 11 is 0. The van der Waals surface area contributed by atoms with Gasteiger partial charge < -0.3 is 9.80 Å². The van der Waals surface area contributed by atoms with E-state index in [0.29, 0.717) is 12.0 Å². The zero-order valence-corrected chi connectivity index (χ0v) is 13.9. The van der Waals surface area contributed by atoms with E-state index in [4.69, 9.17) is 0 Å². The minimum atomic E-state index is 0.428. The van der Waals surface area contributed by atoms with Gasteiger partial charge >= 0.3 is 0 Å². The van der Waals surface area contributed by atoms with Crippen LogP contribution in [0.5, 0.6) is 0 Å². The molecule has 2 fully saturated rings. The summed E-state index contributed by atoms with van der Waals surface area (Å²) in [6, 6.07) is 12.6. The van der Waals surface area contributed by atoms with Gasteiger partial charge in [0.2, 0.25) is 5.95 Å². The molecular weight excluding hydrogens is 298 g/mol. The second-order valence-corrected chi connectivity index (χ2v) is 6.67. The van der Waals surface area contributed by atoms with Gasteiger partial charge in [0.1, 0.15) is 6.07 Å². The van der Waals surface area contributed by atoms with Crippen molar-refractivity contribution in [2.75, 3.05) is 29.4 Å². The van der Waals surface area contributed by atoms with Gasteiger partial charge in [-0.25, -0.2) is 9.97 Å². The molecule has 122 valence electrons. The van der Waals surface area contributed by atoms with Gasteiger partial charge in [-0.2, -0.15) is 5.26 Å². The number of rotatable bonds is 2. The lowest BCUT2D eigenvalue weighted by molar-refractivity contribution is 0.387. The van der Waals surface area contributed by atoms with Crippen LogP contribution < -0.4 is 9.80 Å². The third kappa shape index (κ3) is 2.58. The molecule has 2 aliphatic heterocycles. The van der Waals surface area contributed by atoms with Crippen LogP contribution in [0.2, 0.25) is 0 Å². The molecule has 0 saturated carbocycles. The van der Waals surface area contributed by atoms with E-state index in [9.17, 15) is 5.26 Å². The zero-order chi connectivity index (χ0) is 16.5. The Morgan fingerprint density at radius 1 is 1.17 bits per heavy atom. The molecule has 24 heavy (non-hydrogen) atoms. The summed E-state index contributed by atoms with van der Waals surface area (Å²) in [5, 5.41) is 9.43. The first-order chi connectivity index (χ1) is 11.8. The van der Waals surface area contributed by atoms with E-state index in [-0.39, 0.29) is 0 Å². The Labute approximate surface area is 142 Å². The number of para-hydroxylation sites is 1. The van der Waals surface area contributed by atoms with Gasteiger partial charge in [0.05, 0.1) is 11.3 Å². The number of hydrogen-bond donors (Lipinski definition) is 0. The van der Waals surface area contributed by atoms with Gasteiger partial charge in [-0.1, -0.05) is 12.1 Å². The number of aryl methyl sites for hydroxylation is 1. The zero-order valence-electron chi connectivity index (χ0n) is 13.9. The Balaban J connectivity index is 1.61. The van der Waals surface area contributed by atoms with Crippen molar-refractivity contribution in [2.24, 2.45) is 5.92 Å². The van der Waals surface area contributed by atoms with Crippen molar-refractivity contribution in [1.82, 2.24) is 9.97 Å². The maximum atomic E-state index is 9.43. The van der Waals surface area contributed by atoms with Crippen LogP contribution >= 0.6 is 0 Å². The Hall–Kier alpha value is -2.61. The first-order valence-electron chi connectivity index (χ1n) is 8.56. The number of anilines is 2. The Kier molecular flexibility index (Phi) is 3.81. The van der Waals surface area contributed by atoms with Crippen LogP contribution in [-0.2, 0) is 0 Å². The van der Waals surface area contributed by atoms with Crippen molar-refractivity contribution in [3.05, 3.63) is 47.8 Å². The number of nitriles is 1. The lowest BCUT2D eigenvalue weighted by atomic mass is 9.92. The van der Waals surface area contributed by atoms with E-state index in [0.717, 1.165) is 48.9 Å². The molecule has 2 atom stereocenters. The van der Waals surface area contributed by atoms with Crippen LogP contribution in [0.1, 0.15) is 24.1 Å².